The fraction of sp³-hybridized carbons (Fsp3) is 0.273. The largest absolute Gasteiger partial charge is 0.462 e. The lowest BCUT2D eigenvalue weighted by Gasteiger charge is -2.22. The van der Waals surface area contributed by atoms with Crippen LogP contribution in [0.2, 0.25) is 0 Å². The molecular formula is C22H23N3O5. The van der Waals surface area contributed by atoms with E-state index in [2.05, 4.69) is 10.6 Å². The van der Waals surface area contributed by atoms with Gasteiger partial charge in [0.25, 0.3) is 5.91 Å². The van der Waals surface area contributed by atoms with Crippen molar-refractivity contribution >= 4 is 29.5 Å². The highest BCUT2D eigenvalue weighted by Crippen LogP contribution is 2.29. The SMILES string of the molecule is CCOC(=O)c1ccccc1NC(=O)CN1C(=O)N[C@](C)(c2ccc(C)cc2)C1=O. The number of carbonyl (C=O) groups excluding carboxylic acids is 4. The molecule has 2 N–H and O–H groups in total. The number of ether oxygens (including phenoxy) is 1. The molecule has 1 heterocycles. The molecule has 0 aromatic heterocycles. The first-order valence-electron chi connectivity index (χ1n) is 9.53. The predicted octanol–water partition coefficient (Wildman–Crippen LogP) is 2.58. The van der Waals surface area contributed by atoms with Crippen molar-refractivity contribution in [2.45, 2.75) is 26.3 Å². The van der Waals surface area contributed by atoms with Crippen LogP contribution in [0.25, 0.3) is 0 Å². The molecule has 1 saturated heterocycles. The van der Waals surface area contributed by atoms with E-state index in [0.29, 0.717) is 5.56 Å². The average molecular weight is 409 g/mol. The molecule has 8 nitrogen and oxygen atoms in total. The fourth-order valence-corrected chi connectivity index (χ4v) is 3.24. The van der Waals surface area contributed by atoms with Gasteiger partial charge >= 0.3 is 12.0 Å². The molecule has 4 amide bonds. The van der Waals surface area contributed by atoms with Crippen molar-refractivity contribution in [1.29, 1.82) is 0 Å². The number of benzene rings is 2. The van der Waals surface area contributed by atoms with Gasteiger partial charge in [0.2, 0.25) is 5.91 Å². The maximum atomic E-state index is 13.0. The van der Waals surface area contributed by atoms with Crippen molar-refractivity contribution in [2.24, 2.45) is 0 Å². The molecule has 0 bridgehead atoms. The second-order valence-corrected chi connectivity index (χ2v) is 7.13. The van der Waals surface area contributed by atoms with Gasteiger partial charge in [-0.05, 0) is 38.5 Å². The molecule has 30 heavy (non-hydrogen) atoms. The lowest BCUT2D eigenvalue weighted by Crippen LogP contribution is -2.42. The Morgan fingerprint density at radius 3 is 2.43 bits per heavy atom. The van der Waals surface area contributed by atoms with Gasteiger partial charge in [-0.15, -0.1) is 0 Å². The standard InChI is InChI=1S/C22H23N3O5/c1-4-30-19(27)16-7-5-6-8-17(16)23-18(26)13-25-20(28)22(3,24-21(25)29)15-11-9-14(2)10-12-15/h5-12H,4,13H2,1-3H3,(H,23,26)(H,24,29)/t22-/m1/s1. The number of nitrogens with one attached hydrogen (secondary N) is 2. The Bertz CT molecular complexity index is 1000. The van der Waals surface area contributed by atoms with Crippen LogP contribution in [-0.4, -0.2) is 41.9 Å². The zero-order valence-corrected chi connectivity index (χ0v) is 17.0. The quantitative estimate of drug-likeness (QED) is 0.564. The van der Waals surface area contributed by atoms with Crippen molar-refractivity contribution in [1.82, 2.24) is 10.2 Å². The van der Waals surface area contributed by atoms with Gasteiger partial charge in [0.1, 0.15) is 12.1 Å². The van der Waals surface area contributed by atoms with Crippen molar-refractivity contribution in [2.75, 3.05) is 18.5 Å². The van der Waals surface area contributed by atoms with E-state index in [1.54, 1.807) is 44.2 Å². The third-order valence-corrected chi connectivity index (χ3v) is 4.90. The molecule has 0 radical (unpaired) electrons. The van der Waals surface area contributed by atoms with Gasteiger partial charge in [-0.2, -0.15) is 0 Å². The van der Waals surface area contributed by atoms with Crippen LogP contribution < -0.4 is 10.6 Å². The minimum absolute atomic E-state index is 0.189. The summed E-state index contributed by atoms with van der Waals surface area (Å²) in [5.41, 5.74) is 0.829. The number of imide groups is 1. The first kappa shape index (κ1) is 21.0. The monoisotopic (exact) mass is 409 g/mol. The number of para-hydroxylation sites is 1. The normalized spacial score (nSPS) is 18.2. The van der Waals surface area contributed by atoms with Gasteiger partial charge in [-0.25, -0.2) is 9.59 Å². The van der Waals surface area contributed by atoms with Gasteiger partial charge in [-0.1, -0.05) is 42.0 Å². The second kappa shape index (κ2) is 8.36. The van der Waals surface area contributed by atoms with Gasteiger partial charge in [0.15, 0.2) is 0 Å². The van der Waals surface area contributed by atoms with Crippen LogP contribution in [0.15, 0.2) is 48.5 Å². The van der Waals surface area contributed by atoms with Gasteiger partial charge in [0.05, 0.1) is 17.9 Å². The minimum Gasteiger partial charge on any atom is -0.462 e. The molecule has 0 saturated carbocycles. The summed E-state index contributed by atoms with van der Waals surface area (Å²) in [6.45, 7) is 4.92. The first-order valence-corrected chi connectivity index (χ1v) is 9.53. The highest BCUT2D eigenvalue weighted by atomic mass is 16.5. The number of nitrogens with zero attached hydrogens (tertiary/aromatic N) is 1. The topological polar surface area (TPSA) is 105 Å². The van der Waals surface area contributed by atoms with Crippen molar-refractivity contribution in [3.05, 3.63) is 65.2 Å². The molecule has 0 aliphatic carbocycles. The van der Waals surface area contributed by atoms with E-state index in [4.69, 9.17) is 4.74 Å². The van der Waals surface area contributed by atoms with Gasteiger partial charge < -0.3 is 15.4 Å². The number of carbonyl (C=O) groups is 4. The molecule has 1 aliphatic rings. The van der Waals surface area contributed by atoms with E-state index in [9.17, 15) is 19.2 Å². The summed E-state index contributed by atoms with van der Waals surface area (Å²) in [5.74, 6) is -1.70. The number of urea groups is 1. The summed E-state index contributed by atoms with van der Waals surface area (Å²) in [6, 6.07) is 13.0. The van der Waals surface area contributed by atoms with Crippen LogP contribution in [-0.2, 0) is 19.9 Å². The van der Waals surface area contributed by atoms with Crippen LogP contribution in [0.4, 0.5) is 10.5 Å². The fourth-order valence-electron chi connectivity index (χ4n) is 3.24. The molecule has 0 unspecified atom stereocenters. The second-order valence-electron chi connectivity index (χ2n) is 7.13. The maximum absolute atomic E-state index is 13.0. The summed E-state index contributed by atoms with van der Waals surface area (Å²) in [4.78, 5) is 50.9. The molecule has 0 spiro atoms. The average Bonchev–Trinajstić information content (AvgIpc) is 2.93. The Balaban J connectivity index is 1.75. The lowest BCUT2D eigenvalue weighted by molar-refractivity contribution is -0.133. The third kappa shape index (κ3) is 4.03. The molecule has 2 aromatic carbocycles. The van der Waals surface area contributed by atoms with E-state index in [1.807, 2.05) is 19.1 Å². The Hall–Kier alpha value is -3.68. The van der Waals surface area contributed by atoms with Crippen LogP contribution in [0, 0.1) is 6.92 Å². The summed E-state index contributed by atoms with van der Waals surface area (Å²) >= 11 is 0. The summed E-state index contributed by atoms with van der Waals surface area (Å²) in [7, 11) is 0. The lowest BCUT2D eigenvalue weighted by atomic mass is 9.91. The van der Waals surface area contributed by atoms with Crippen LogP contribution in [0.5, 0.6) is 0 Å². The summed E-state index contributed by atoms with van der Waals surface area (Å²) in [5, 5.41) is 5.24. The number of anilines is 1. The third-order valence-electron chi connectivity index (χ3n) is 4.90. The predicted molar refractivity (Wildman–Crippen MR) is 110 cm³/mol. The molecule has 156 valence electrons. The van der Waals surface area contributed by atoms with Crippen molar-refractivity contribution in [3.8, 4) is 0 Å². The summed E-state index contributed by atoms with van der Waals surface area (Å²) < 4.78 is 4.98. The van der Waals surface area contributed by atoms with E-state index in [1.165, 1.54) is 6.07 Å². The zero-order chi connectivity index (χ0) is 21.9. The molecule has 1 aliphatic heterocycles. The zero-order valence-electron chi connectivity index (χ0n) is 17.0. The van der Waals surface area contributed by atoms with E-state index >= 15 is 0 Å². The molecule has 1 fully saturated rings. The number of amides is 4. The minimum atomic E-state index is -1.26. The van der Waals surface area contributed by atoms with Crippen molar-refractivity contribution in [3.63, 3.8) is 0 Å². The smallest absolute Gasteiger partial charge is 0.340 e. The number of esters is 1. The Kier molecular flexibility index (Phi) is 5.86. The molecular weight excluding hydrogens is 386 g/mol. The van der Waals surface area contributed by atoms with E-state index in [0.717, 1.165) is 10.5 Å². The molecule has 2 aromatic rings. The van der Waals surface area contributed by atoms with Gasteiger partial charge in [-0.3, -0.25) is 14.5 Å². The Labute approximate surface area is 174 Å². The van der Waals surface area contributed by atoms with E-state index < -0.39 is 35.9 Å². The number of aryl methyl sites for hydroxylation is 1. The maximum Gasteiger partial charge on any atom is 0.340 e. The number of hydrogen-bond acceptors (Lipinski definition) is 5. The Morgan fingerprint density at radius 1 is 1.10 bits per heavy atom. The first-order chi connectivity index (χ1) is 14.3. The van der Waals surface area contributed by atoms with Crippen LogP contribution in [0.3, 0.4) is 0 Å². The summed E-state index contributed by atoms with van der Waals surface area (Å²) in [6.07, 6.45) is 0. The molecule has 3 rings (SSSR count). The highest BCUT2D eigenvalue weighted by Gasteiger charge is 2.49. The van der Waals surface area contributed by atoms with Crippen molar-refractivity contribution < 1.29 is 23.9 Å². The Morgan fingerprint density at radius 2 is 1.77 bits per heavy atom. The molecule has 1 atom stereocenters. The van der Waals surface area contributed by atoms with Gasteiger partial charge in [0, 0.05) is 0 Å². The van der Waals surface area contributed by atoms with Crippen LogP contribution >= 0.6 is 0 Å². The molecule has 8 heteroatoms. The number of rotatable bonds is 6. The highest BCUT2D eigenvalue weighted by molar-refractivity contribution is 6.10. The number of hydrogen-bond donors (Lipinski definition) is 2. The van der Waals surface area contributed by atoms with Crippen LogP contribution in [0.1, 0.15) is 35.3 Å². The van der Waals surface area contributed by atoms with E-state index in [-0.39, 0.29) is 17.9 Å².